The van der Waals surface area contributed by atoms with E-state index < -0.39 is 0 Å². The van der Waals surface area contributed by atoms with Crippen molar-refractivity contribution in [3.8, 4) is 0 Å². The first-order valence-corrected chi connectivity index (χ1v) is 3.23. The van der Waals surface area contributed by atoms with Crippen molar-refractivity contribution >= 4 is 17.2 Å². The van der Waals surface area contributed by atoms with Gasteiger partial charge in [-0.05, 0) is 0 Å². The number of hydrogen-bond acceptors (Lipinski definition) is 3. The molecule has 0 radical (unpaired) electrons. The largest absolute Gasteiger partial charge is 0.393 e. The quantitative estimate of drug-likeness (QED) is 0.594. The highest BCUT2D eigenvalue weighted by Gasteiger charge is 1.97. The van der Waals surface area contributed by atoms with Crippen molar-refractivity contribution in [1.29, 1.82) is 0 Å². The lowest BCUT2D eigenvalue weighted by Gasteiger charge is -1.88. The zero-order valence-electron chi connectivity index (χ0n) is 5.61. The van der Waals surface area contributed by atoms with Crippen molar-refractivity contribution in [3.05, 3.63) is 11.9 Å². The van der Waals surface area contributed by atoms with Gasteiger partial charge in [-0.2, -0.15) is 15.0 Å². The summed E-state index contributed by atoms with van der Waals surface area (Å²) in [5.41, 5.74) is 6.10. The van der Waals surface area contributed by atoms with Crippen molar-refractivity contribution in [2.24, 2.45) is 12.8 Å². The van der Waals surface area contributed by atoms with E-state index in [0.717, 1.165) is 5.69 Å². The van der Waals surface area contributed by atoms with Gasteiger partial charge in [0.1, 0.15) is 0 Å². The minimum absolute atomic E-state index is 0.445. The molecule has 2 N–H and O–H groups in total. The number of aryl methyl sites for hydroxylation is 1. The summed E-state index contributed by atoms with van der Waals surface area (Å²) in [6, 6.07) is 0. The Kier molecular flexibility index (Phi) is 1.96. The number of nitrogens with zero attached hydrogens (tertiary/aromatic N) is 3. The summed E-state index contributed by atoms with van der Waals surface area (Å²) in [5.74, 6) is 0. The zero-order valence-corrected chi connectivity index (χ0v) is 6.43. The summed E-state index contributed by atoms with van der Waals surface area (Å²) in [6.45, 7) is 0. The maximum atomic E-state index is 5.29. The SMILES string of the molecule is Cn1ncc(CC(N)=S)n1. The molecule has 4 nitrogen and oxygen atoms in total. The molecule has 1 aromatic heterocycles. The van der Waals surface area contributed by atoms with Crippen LogP contribution in [0.3, 0.4) is 0 Å². The number of nitrogens with two attached hydrogens (primary N) is 1. The van der Waals surface area contributed by atoms with Gasteiger partial charge in [0, 0.05) is 13.5 Å². The predicted octanol–water partition coefficient (Wildman–Crippen LogP) is -0.356. The summed E-state index contributed by atoms with van der Waals surface area (Å²) in [6.07, 6.45) is 2.18. The van der Waals surface area contributed by atoms with E-state index in [2.05, 4.69) is 22.4 Å². The molecule has 0 aliphatic carbocycles. The predicted molar refractivity (Wildman–Crippen MR) is 41.5 cm³/mol. The Bertz CT molecular complexity index is 242. The Morgan fingerprint density at radius 1 is 1.90 bits per heavy atom. The van der Waals surface area contributed by atoms with Gasteiger partial charge in [0.15, 0.2) is 0 Å². The number of hydrogen-bond donors (Lipinski definition) is 1. The molecule has 0 unspecified atom stereocenters. The lowest BCUT2D eigenvalue weighted by atomic mass is 10.3. The maximum Gasteiger partial charge on any atom is 0.0894 e. The minimum atomic E-state index is 0.445. The van der Waals surface area contributed by atoms with Crippen LogP contribution in [0.4, 0.5) is 0 Å². The molecule has 10 heavy (non-hydrogen) atoms. The van der Waals surface area contributed by atoms with Gasteiger partial charge in [0.05, 0.1) is 16.9 Å². The monoisotopic (exact) mass is 156 g/mol. The smallest absolute Gasteiger partial charge is 0.0894 e. The van der Waals surface area contributed by atoms with Crippen LogP contribution in [0.2, 0.25) is 0 Å². The van der Waals surface area contributed by atoms with Gasteiger partial charge < -0.3 is 5.73 Å². The third kappa shape index (κ3) is 1.77. The zero-order chi connectivity index (χ0) is 7.56. The molecule has 0 aromatic carbocycles. The highest BCUT2D eigenvalue weighted by Crippen LogP contribution is 1.91. The fourth-order valence-electron chi connectivity index (χ4n) is 0.647. The van der Waals surface area contributed by atoms with E-state index in [-0.39, 0.29) is 0 Å². The minimum Gasteiger partial charge on any atom is -0.393 e. The second-order valence-corrected chi connectivity index (χ2v) is 2.49. The van der Waals surface area contributed by atoms with Gasteiger partial charge in [0.2, 0.25) is 0 Å². The molecule has 0 aliphatic heterocycles. The molecule has 0 atom stereocenters. The average Bonchev–Trinajstić information content (AvgIpc) is 2.13. The van der Waals surface area contributed by atoms with Crippen molar-refractivity contribution in [1.82, 2.24) is 15.0 Å². The summed E-state index contributed by atoms with van der Waals surface area (Å²) in [4.78, 5) is 1.92. The number of aromatic nitrogens is 3. The fourth-order valence-corrected chi connectivity index (χ4v) is 0.795. The molecule has 54 valence electrons. The first-order valence-electron chi connectivity index (χ1n) is 2.82. The van der Waals surface area contributed by atoms with Gasteiger partial charge in [-0.1, -0.05) is 12.2 Å². The van der Waals surface area contributed by atoms with E-state index in [1.54, 1.807) is 13.2 Å². The van der Waals surface area contributed by atoms with Gasteiger partial charge in [-0.3, -0.25) is 0 Å². The first kappa shape index (κ1) is 7.14. The molecule has 1 rings (SSSR count). The molecule has 0 aliphatic rings. The lowest BCUT2D eigenvalue weighted by Crippen LogP contribution is -2.11. The lowest BCUT2D eigenvalue weighted by molar-refractivity contribution is 0.648. The highest BCUT2D eigenvalue weighted by atomic mass is 32.1. The topological polar surface area (TPSA) is 56.7 Å². The molecule has 5 heteroatoms. The second kappa shape index (κ2) is 2.74. The van der Waals surface area contributed by atoms with Gasteiger partial charge >= 0.3 is 0 Å². The summed E-state index contributed by atoms with van der Waals surface area (Å²) in [7, 11) is 1.75. The molecule has 0 saturated heterocycles. The van der Waals surface area contributed by atoms with Gasteiger partial charge in [-0.25, -0.2) is 0 Å². The number of rotatable bonds is 2. The van der Waals surface area contributed by atoms with Gasteiger partial charge in [-0.15, -0.1) is 0 Å². The van der Waals surface area contributed by atoms with Crippen molar-refractivity contribution in [3.63, 3.8) is 0 Å². The average molecular weight is 156 g/mol. The molecule has 1 heterocycles. The Labute approximate surface area is 64.0 Å². The Balaban J connectivity index is 2.67. The van der Waals surface area contributed by atoms with Crippen molar-refractivity contribution < 1.29 is 0 Å². The summed E-state index contributed by atoms with van der Waals surface area (Å²) in [5, 5.41) is 7.85. The van der Waals surface area contributed by atoms with Crippen molar-refractivity contribution in [2.75, 3.05) is 0 Å². The molecule has 0 saturated carbocycles. The molecule has 0 spiro atoms. The van der Waals surface area contributed by atoms with E-state index in [9.17, 15) is 0 Å². The maximum absolute atomic E-state index is 5.29. The van der Waals surface area contributed by atoms with Crippen molar-refractivity contribution in [2.45, 2.75) is 6.42 Å². The van der Waals surface area contributed by atoms with Gasteiger partial charge in [0.25, 0.3) is 0 Å². The van der Waals surface area contributed by atoms with E-state index in [4.69, 9.17) is 5.73 Å². The van der Waals surface area contributed by atoms with Crippen LogP contribution < -0.4 is 5.73 Å². The molecule has 0 amide bonds. The normalized spacial score (nSPS) is 9.70. The van der Waals surface area contributed by atoms with Crippen LogP contribution in [-0.4, -0.2) is 20.0 Å². The molecule has 0 bridgehead atoms. The molecule has 0 fully saturated rings. The summed E-state index contributed by atoms with van der Waals surface area (Å²) >= 11 is 4.69. The first-order chi connectivity index (χ1) is 4.68. The molecular formula is C5H8N4S. The standard InChI is InChI=1S/C5H8N4S/c1-9-7-3-4(8-9)2-5(6)10/h3H,2H2,1H3,(H2,6,10). The van der Waals surface area contributed by atoms with Crippen LogP contribution >= 0.6 is 12.2 Å². The third-order valence-corrected chi connectivity index (χ3v) is 1.15. The van der Waals surface area contributed by atoms with E-state index >= 15 is 0 Å². The van der Waals surface area contributed by atoms with Crippen LogP contribution in [0.25, 0.3) is 0 Å². The Morgan fingerprint density at radius 2 is 2.60 bits per heavy atom. The van der Waals surface area contributed by atoms with Crippen LogP contribution in [-0.2, 0) is 13.5 Å². The van der Waals surface area contributed by atoms with Crippen LogP contribution in [0.1, 0.15) is 5.69 Å². The molecular weight excluding hydrogens is 148 g/mol. The fraction of sp³-hybridized carbons (Fsp3) is 0.400. The Hall–Kier alpha value is -0.970. The van der Waals surface area contributed by atoms with E-state index in [0.29, 0.717) is 11.4 Å². The Morgan fingerprint density at radius 3 is 3.00 bits per heavy atom. The van der Waals surface area contributed by atoms with E-state index in [1.807, 2.05) is 0 Å². The second-order valence-electron chi connectivity index (χ2n) is 1.97. The summed E-state index contributed by atoms with van der Waals surface area (Å²) < 4.78 is 0. The van der Waals surface area contributed by atoms with E-state index in [1.165, 1.54) is 4.80 Å². The van der Waals surface area contributed by atoms with Crippen LogP contribution in [0.5, 0.6) is 0 Å². The highest BCUT2D eigenvalue weighted by molar-refractivity contribution is 7.80. The van der Waals surface area contributed by atoms with Crippen LogP contribution in [0, 0.1) is 0 Å². The number of thiocarbonyl (C=S) groups is 1. The molecule has 1 aromatic rings. The third-order valence-electron chi connectivity index (χ3n) is 1.00. The van der Waals surface area contributed by atoms with Crippen LogP contribution in [0.15, 0.2) is 6.20 Å².